The van der Waals surface area contributed by atoms with Crippen molar-refractivity contribution in [1.29, 1.82) is 0 Å². The van der Waals surface area contributed by atoms with Gasteiger partial charge >= 0.3 is 0 Å². The van der Waals surface area contributed by atoms with Crippen LogP contribution in [0.1, 0.15) is 38.0 Å². The predicted octanol–water partition coefficient (Wildman–Crippen LogP) is 2.83. The quantitative estimate of drug-likeness (QED) is 0.844. The Bertz CT molecular complexity index is 526. The first-order chi connectivity index (χ1) is 8.44. The summed E-state index contributed by atoms with van der Waals surface area (Å²) in [5.74, 6) is 1.37. The summed E-state index contributed by atoms with van der Waals surface area (Å²) in [6.07, 6.45) is 1.39. The van der Waals surface area contributed by atoms with Gasteiger partial charge in [0.1, 0.15) is 0 Å². The molecule has 0 aliphatic carbocycles. The maximum atomic E-state index is 5.89. The van der Waals surface area contributed by atoms with E-state index in [1.807, 2.05) is 24.3 Å². The molecule has 0 amide bonds. The van der Waals surface area contributed by atoms with Crippen LogP contribution < -0.4 is 5.73 Å². The molecule has 0 saturated carbocycles. The molecule has 0 radical (unpaired) electrons. The molecule has 1 aromatic heterocycles. The van der Waals surface area contributed by atoms with Gasteiger partial charge in [-0.25, -0.2) is 0 Å². The first kappa shape index (κ1) is 12.6. The molecule has 1 aromatic carbocycles. The monoisotopic (exact) mass is 245 g/mol. The van der Waals surface area contributed by atoms with Gasteiger partial charge in [-0.15, -0.1) is 0 Å². The van der Waals surface area contributed by atoms with Crippen molar-refractivity contribution in [3.8, 4) is 0 Å². The summed E-state index contributed by atoms with van der Waals surface area (Å²) in [4.78, 5) is 4.40. The lowest BCUT2D eigenvalue weighted by Crippen LogP contribution is -2.10. The average Bonchev–Trinajstić information content (AvgIpc) is 2.66. The number of aromatic nitrogens is 2. The topological polar surface area (TPSA) is 64.9 Å². The molecule has 0 aliphatic rings. The Kier molecular flexibility index (Phi) is 3.36. The molecule has 0 aliphatic heterocycles. The van der Waals surface area contributed by atoms with Crippen LogP contribution in [0.3, 0.4) is 0 Å². The zero-order valence-electron chi connectivity index (χ0n) is 11.1. The number of benzene rings is 1. The molecule has 0 atom stereocenters. The van der Waals surface area contributed by atoms with Crippen molar-refractivity contribution >= 4 is 5.69 Å². The summed E-state index contributed by atoms with van der Waals surface area (Å²) in [6, 6.07) is 7.72. The molecule has 0 spiro atoms. The number of para-hydroxylation sites is 1. The van der Waals surface area contributed by atoms with E-state index in [-0.39, 0.29) is 5.41 Å². The highest BCUT2D eigenvalue weighted by Crippen LogP contribution is 2.20. The lowest BCUT2D eigenvalue weighted by molar-refractivity contribution is 0.358. The molecule has 2 N–H and O–H groups in total. The van der Waals surface area contributed by atoms with E-state index in [0.717, 1.165) is 23.5 Å². The molecule has 2 aromatic rings. The molecular weight excluding hydrogens is 226 g/mol. The fraction of sp³-hybridized carbons (Fsp3) is 0.429. The van der Waals surface area contributed by atoms with E-state index >= 15 is 0 Å². The molecule has 0 fully saturated rings. The molecule has 1 heterocycles. The molecule has 0 unspecified atom stereocenters. The highest BCUT2D eigenvalue weighted by Gasteiger charge is 2.16. The number of hydrogen-bond donors (Lipinski definition) is 1. The lowest BCUT2D eigenvalue weighted by Gasteiger charge is -2.14. The van der Waals surface area contributed by atoms with Crippen molar-refractivity contribution in [3.05, 3.63) is 41.5 Å². The van der Waals surface area contributed by atoms with E-state index in [9.17, 15) is 0 Å². The largest absolute Gasteiger partial charge is 0.398 e. The molecule has 0 bridgehead atoms. The van der Waals surface area contributed by atoms with Gasteiger partial charge in [-0.1, -0.05) is 44.1 Å². The van der Waals surface area contributed by atoms with Gasteiger partial charge in [-0.2, -0.15) is 4.98 Å². The maximum Gasteiger partial charge on any atom is 0.231 e. The van der Waals surface area contributed by atoms with E-state index in [2.05, 4.69) is 30.9 Å². The molecule has 96 valence electrons. The normalized spacial score (nSPS) is 11.7. The second-order valence-corrected chi connectivity index (χ2v) is 5.72. The minimum absolute atomic E-state index is 0.160. The van der Waals surface area contributed by atoms with Crippen molar-refractivity contribution in [2.24, 2.45) is 5.41 Å². The van der Waals surface area contributed by atoms with Crippen LogP contribution in [-0.2, 0) is 12.8 Å². The number of anilines is 1. The van der Waals surface area contributed by atoms with Gasteiger partial charge in [-0.05, 0) is 17.0 Å². The van der Waals surface area contributed by atoms with Gasteiger partial charge in [0.15, 0.2) is 5.82 Å². The van der Waals surface area contributed by atoms with Crippen LogP contribution in [0.25, 0.3) is 0 Å². The molecule has 18 heavy (non-hydrogen) atoms. The minimum atomic E-state index is 0.160. The lowest BCUT2D eigenvalue weighted by atomic mass is 9.92. The van der Waals surface area contributed by atoms with E-state index in [1.165, 1.54) is 0 Å². The Balaban J connectivity index is 2.10. The van der Waals surface area contributed by atoms with Crippen LogP contribution in [0.2, 0.25) is 0 Å². The minimum Gasteiger partial charge on any atom is -0.398 e. The van der Waals surface area contributed by atoms with Crippen LogP contribution in [0.15, 0.2) is 28.8 Å². The molecule has 0 saturated heterocycles. The van der Waals surface area contributed by atoms with E-state index in [1.54, 1.807) is 0 Å². The Labute approximate surface area is 107 Å². The van der Waals surface area contributed by atoms with Crippen LogP contribution >= 0.6 is 0 Å². The number of hydrogen-bond acceptors (Lipinski definition) is 4. The van der Waals surface area contributed by atoms with Crippen LogP contribution in [0, 0.1) is 5.41 Å². The number of nitrogens with two attached hydrogens (primary N) is 1. The highest BCUT2D eigenvalue weighted by molar-refractivity contribution is 5.47. The fourth-order valence-corrected chi connectivity index (χ4v) is 1.77. The average molecular weight is 245 g/mol. The summed E-state index contributed by atoms with van der Waals surface area (Å²) in [5, 5.41) is 4.00. The van der Waals surface area contributed by atoms with Gasteiger partial charge < -0.3 is 10.3 Å². The zero-order valence-corrected chi connectivity index (χ0v) is 11.1. The molecular formula is C14H19N3O. The first-order valence-electron chi connectivity index (χ1n) is 6.09. The number of nitrogens with zero attached hydrogens (tertiary/aromatic N) is 2. The standard InChI is InChI=1S/C14H19N3O/c1-14(2,3)9-12-16-13(18-17-12)8-10-6-4-5-7-11(10)15/h4-7H,8-9,15H2,1-3H3. The SMILES string of the molecule is CC(C)(C)Cc1noc(Cc2ccccc2N)n1. The van der Waals surface area contributed by atoms with Gasteiger partial charge in [0, 0.05) is 12.1 Å². The van der Waals surface area contributed by atoms with Crippen molar-refractivity contribution in [3.63, 3.8) is 0 Å². The van der Waals surface area contributed by atoms with Crippen molar-refractivity contribution in [2.45, 2.75) is 33.6 Å². The van der Waals surface area contributed by atoms with Crippen LogP contribution in [-0.4, -0.2) is 10.1 Å². The highest BCUT2D eigenvalue weighted by atomic mass is 16.5. The summed E-state index contributed by atoms with van der Waals surface area (Å²) in [7, 11) is 0. The Morgan fingerprint density at radius 3 is 2.61 bits per heavy atom. The van der Waals surface area contributed by atoms with Crippen molar-refractivity contribution < 1.29 is 4.52 Å². The Morgan fingerprint density at radius 2 is 1.94 bits per heavy atom. The van der Waals surface area contributed by atoms with Crippen LogP contribution in [0.5, 0.6) is 0 Å². The van der Waals surface area contributed by atoms with Gasteiger partial charge in [-0.3, -0.25) is 0 Å². The number of nitrogen functional groups attached to an aromatic ring is 1. The van der Waals surface area contributed by atoms with Gasteiger partial charge in [0.05, 0.1) is 6.42 Å². The first-order valence-corrected chi connectivity index (χ1v) is 6.09. The second-order valence-electron chi connectivity index (χ2n) is 5.72. The predicted molar refractivity (Wildman–Crippen MR) is 71.1 cm³/mol. The van der Waals surface area contributed by atoms with Gasteiger partial charge in [0.2, 0.25) is 5.89 Å². The number of rotatable bonds is 3. The fourth-order valence-electron chi connectivity index (χ4n) is 1.77. The molecule has 2 rings (SSSR count). The van der Waals surface area contributed by atoms with Crippen LogP contribution in [0.4, 0.5) is 5.69 Å². The summed E-state index contributed by atoms with van der Waals surface area (Å²) in [6.45, 7) is 6.45. The van der Waals surface area contributed by atoms with E-state index < -0.39 is 0 Å². The summed E-state index contributed by atoms with van der Waals surface area (Å²) in [5.41, 5.74) is 7.82. The third kappa shape index (κ3) is 3.32. The Morgan fingerprint density at radius 1 is 1.22 bits per heavy atom. The van der Waals surface area contributed by atoms with Crippen molar-refractivity contribution in [1.82, 2.24) is 10.1 Å². The smallest absolute Gasteiger partial charge is 0.231 e. The second kappa shape index (κ2) is 4.80. The van der Waals surface area contributed by atoms with Gasteiger partial charge in [0.25, 0.3) is 0 Å². The maximum absolute atomic E-state index is 5.89. The Hall–Kier alpha value is -1.84. The van der Waals surface area contributed by atoms with E-state index in [0.29, 0.717) is 12.3 Å². The molecule has 4 heteroatoms. The third-order valence-electron chi connectivity index (χ3n) is 2.60. The molecule has 4 nitrogen and oxygen atoms in total. The van der Waals surface area contributed by atoms with E-state index in [4.69, 9.17) is 10.3 Å². The summed E-state index contributed by atoms with van der Waals surface area (Å²) < 4.78 is 5.25. The zero-order chi connectivity index (χ0) is 13.2. The van der Waals surface area contributed by atoms with Crippen molar-refractivity contribution in [2.75, 3.05) is 5.73 Å². The summed E-state index contributed by atoms with van der Waals surface area (Å²) >= 11 is 0. The third-order valence-corrected chi connectivity index (χ3v) is 2.60.